The largest absolute Gasteiger partial charge is 0.497 e. The van der Waals surface area contributed by atoms with E-state index in [1.165, 1.54) is 24.2 Å². The van der Waals surface area contributed by atoms with Crippen molar-refractivity contribution in [3.05, 3.63) is 87.4 Å². The Morgan fingerprint density at radius 2 is 1.69 bits per heavy atom. The van der Waals surface area contributed by atoms with Crippen LogP contribution in [-0.2, 0) is 12.3 Å². The monoisotopic (exact) mass is 424 g/mol. The van der Waals surface area contributed by atoms with Gasteiger partial charge in [-0.1, -0.05) is 47.6 Å². The molecule has 0 fully saturated rings. The lowest BCUT2D eigenvalue weighted by Gasteiger charge is -2.13. The molecule has 0 amide bonds. The molecule has 4 rings (SSSR count). The number of hydrogen-bond acceptors (Lipinski definition) is 6. The zero-order valence-corrected chi connectivity index (χ0v) is 17.2. The summed E-state index contributed by atoms with van der Waals surface area (Å²) in [5.74, 6) is 1.42. The average Bonchev–Trinajstić information content (AvgIpc) is 2.76. The highest BCUT2D eigenvalue weighted by molar-refractivity contribution is 7.98. The fraction of sp³-hybridized carbons (Fsp3) is 0.143. The van der Waals surface area contributed by atoms with Crippen LogP contribution in [0.1, 0.15) is 11.1 Å². The van der Waals surface area contributed by atoms with Crippen molar-refractivity contribution in [2.24, 2.45) is 0 Å². The van der Waals surface area contributed by atoms with Gasteiger partial charge in [-0.05, 0) is 35.4 Å². The molecular formula is C21H17ClN4O2S. The molecule has 0 atom stereocenters. The molecule has 0 aliphatic heterocycles. The second kappa shape index (κ2) is 8.63. The maximum atomic E-state index is 13.1. The summed E-state index contributed by atoms with van der Waals surface area (Å²) in [6.45, 7) is 0.380. The quantitative estimate of drug-likeness (QED) is 0.341. The summed E-state index contributed by atoms with van der Waals surface area (Å²) in [5.41, 5.74) is 2.45. The summed E-state index contributed by atoms with van der Waals surface area (Å²) in [4.78, 5) is 26.1. The lowest BCUT2D eigenvalue weighted by molar-refractivity contribution is 0.414. The van der Waals surface area contributed by atoms with Gasteiger partial charge in [-0.25, -0.2) is 15.0 Å². The number of halogens is 1. The molecule has 0 spiro atoms. The van der Waals surface area contributed by atoms with E-state index in [0.29, 0.717) is 28.1 Å². The molecule has 8 heteroatoms. The van der Waals surface area contributed by atoms with E-state index in [9.17, 15) is 4.79 Å². The first-order valence-corrected chi connectivity index (χ1v) is 10.2. The van der Waals surface area contributed by atoms with Gasteiger partial charge < -0.3 is 4.74 Å². The third-order valence-corrected chi connectivity index (χ3v) is 5.64. The fourth-order valence-corrected chi connectivity index (χ4v) is 3.89. The zero-order chi connectivity index (χ0) is 20.2. The minimum atomic E-state index is -0.211. The molecule has 2 aromatic carbocycles. The minimum absolute atomic E-state index is 0.211. The molecule has 2 heterocycles. The maximum absolute atomic E-state index is 13.1. The van der Waals surface area contributed by atoms with Crippen molar-refractivity contribution in [3.63, 3.8) is 0 Å². The maximum Gasteiger partial charge on any atom is 0.282 e. The van der Waals surface area contributed by atoms with E-state index in [2.05, 4.69) is 15.0 Å². The molecule has 2 aromatic heterocycles. The van der Waals surface area contributed by atoms with Crippen molar-refractivity contribution in [1.82, 2.24) is 19.5 Å². The number of ether oxygens (including phenoxy) is 1. The lowest BCUT2D eigenvalue weighted by Crippen LogP contribution is -2.25. The number of benzene rings is 2. The third-order valence-electron chi connectivity index (χ3n) is 4.34. The van der Waals surface area contributed by atoms with Crippen LogP contribution < -0.4 is 10.3 Å². The predicted molar refractivity (Wildman–Crippen MR) is 115 cm³/mol. The van der Waals surface area contributed by atoms with Crippen LogP contribution in [0, 0.1) is 0 Å². The molecule has 0 aliphatic carbocycles. The Kier molecular flexibility index (Phi) is 5.78. The molecule has 6 nitrogen and oxygen atoms in total. The molecule has 0 radical (unpaired) electrons. The van der Waals surface area contributed by atoms with Gasteiger partial charge in [0.15, 0.2) is 16.3 Å². The predicted octanol–water partition coefficient (Wildman–Crippen LogP) is 4.19. The second-order valence-corrected chi connectivity index (χ2v) is 7.66. The van der Waals surface area contributed by atoms with Gasteiger partial charge in [0, 0.05) is 23.2 Å². The zero-order valence-electron chi connectivity index (χ0n) is 15.6. The Morgan fingerprint density at radius 1 is 1.00 bits per heavy atom. The van der Waals surface area contributed by atoms with E-state index >= 15 is 0 Å². The van der Waals surface area contributed by atoms with Crippen LogP contribution >= 0.6 is 23.4 Å². The highest BCUT2D eigenvalue weighted by atomic mass is 35.5. The van der Waals surface area contributed by atoms with E-state index in [-0.39, 0.29) is 11.1 Å². The summed E-state index contributed by atoms with van der Waals surface area (Å²) in [6.07, 6.45) is 3.04. The Bertz CT molecular complexity index is 1190. The van der Waals surface area contributed by atoms with E-state index < -0.39 is 0 Å². The third kappa shape index (κ3) is 4.41. The van der Waals surface area contributed by atoms with Gasteiger partial charge >= 0.3 is 0 Å². The van der Waals surface area contributed by atoms with E-state index in [1.807, 2.05) is 48.5 Å². The Balaban J connectivity index is 1.71. The molecule has 146 valence electrons. The van der Waals surface area contributed by atoms with Crippen LogP contribution in [0.15, 0.2) is 70.9 Å². The Morgan fingerprint density at radius 3 is 2.41 bits per heavy atom. The van der Waals surface area contributed by atoms with Gasteiger partial charge in [-0.2, -0.15) is 0 Å². The van der Waals surface area contributed by atoms with E-state index in [0.717, 1.165) is 16.9 Å². The summed E-state index contributed by atoms with van der Waals surface area (Å²) >= 11 is 7.44. The second-order valence-electron chi connectivity index (χ2n) is 6.28. The van der Waals surface area contributed by atoms with Crippen molar-refractivity contribution < 1.29 is 4.74 Å². The SMILES string of the molecule is COc1ccc(Cn2c(SCc3ccc(Cl)cc3)nc3nccnc3c2=O)cc1. The molecular weight excluding hydrogens is 408 g/mol. The van der Waals surface area contributed by atoms with Gasteiger partial charge in [-0.3, -0.25) is 9.36 Å². The minimum Gasteiger partial charge on any atom is -0.497 e. The summed E-state index contributed by atoms with van der Waals surface area (Å²) in [5, 5.41) is 1.28. The summed E-state index contributed by atoms with van der Waals surface area (Å²) in [6, 6.07) is 15.2. The summed E-state index contributed by atoms with van der Waals surface area (Å²) < 4.78 is 6.85. The van der Waals surface area contributed by atoms with Gasteiger partial charge in [0.2, 0.25) is 0 Å². The number of hydrogen-bond donors (Lipinski definition) is 0. The van der Waals surface area contributed by atoms with Crippen LogP contribution in [0.3, 0.4) is 0 Å². The van der Waals surface area contributed by atoms with Gasteiger partial charge in [0.25, 0.3) is 5.56 Å². The van der Waals surface area contributed by atoms with Gasteiger partial charge in [0.05, 0.1) is 13.7 Å². The van der Waals surface area contributed by atoms with Crippen molar-refractivity contribution in [3.8, 4) is 5.75 Å². The highest BCUT2D eigenvalue weighted by Crippen LogP contribution is 2.23. The molecule has 4 aromatic rings. The molecule has 0 saturated carbocycles. The number of rotatable bonds is 6. The molecule has 0 unspecified atom stereocenters. The van der Waals surface area contributed by atoms with Gasteiger partial charge in [-0.15, -0.1) is 0 Å². The molecule has 0 bridgehead atoms. The van der Waals surface area contributed by atoms with Crippen LogP contribution in [-0.4, -0.2) is 26.6 Å². The van der Waals surface area contributed by atoms with Crippen LogP contribution in [0.4, 0.5) is 0 Å². The summed E-state index contributed by atoms with van der Waals surface area (Å²) in [7, 11) is 1.62. The smallest absolute Gasteiger partial charge is 0.282 e. The molecule has 0 saturated heterocycles. The van der Waals surface area contributed by atoms with Crippen molar-refractivity contribution in [2.45, 2.75) is 17.5 Å². The first-order valence-electron chi connectivity index (χ1n) is 8.86. The first kappa shape index (κ1) is 19.4. The normalized spacial score (nSPS) is 11.0. The molecule has 0 N–H and O–H groups in total. The topological polar surface area (TPSA) is 69.9 Å². The number of methoxy groups -OCH3 is 1. The number of aromatic nitrogens is 4. The van der Waals surface area contributed by atoms with Crippen molar-refractivity contribution in [2.75, 3.05) is 7.11 Å². The van der Waals surface area contributed by atoms with Crippen molar-refractivity contribution in [1.29, 1.82) is 0 Å². The average molecular weight is 425 g/mol. The van der Waals surface area contributed by atoms with E-state index in [1.54, 1.807) is 11.7 Å². The molecule has 29 heavy (non-hydrogen) atoms. The Hall–Kier alpha value is -2.90. The fourth-order valence-electron chi connectivity index (χ4n) is 2.82. The van der Waals surface area contributed by atoms with Crippen LogP contribution in [0.25, 0.3) is 11.2 Å². The van der Waals surface area contributed by atoms with Gasteiger partial charge in [0.1, 0.15) is 5.75 Å². The van der Waals surface area contributed by atoms with E-state index in [4.69, 9.17) is 16.3 Å². The van der Waals surface area contributed by atoms with Crippen molar-refractivity contribution >= 4 is 34.5 Å². The number of nitrogens with zero attached hydrogens (tertiary/aromatic N) is 4. The lowest BCUT2D eigenvalue weighted by atomic mass is 10.2. The number of thioether (sulfide) groups is 1. The highest BCUT2D eigenvalue weighted by Gasteiger charge is 2.14. The van der Waals surface area contributed by atoms with Crippen LogP contribution in [0.5, 0.6) is 5.75 Å². The standard InChI is InChI=1S/C21H17ClN4O2S/c1-28-17-8-4-14(5-9-17)12-26-20(27)18-19(24-11-10-23-18)25-21(26)29-13-15-2-6-16(22)7-3-15/h2-11H,12-13H2,1H3. The van der Waals surface area contributed by atoms with Crippen LogP contribution in [0.2, 0.25) is 5.02 Å². The first-order chi connectivity index (χ1) is 14.1. The molecule has 0 aliphatic rings. The number of fused-ring (bicyclic) bond motifs is 1. The Labute approximate surface area is 176 Å².